The Morgan fingerprint density at radius 3 is 2.91 bits per heavy atom. The van der Waals surface area contributed by atoms with Crippen LogP contribution in [-0.2, 0) is 4.74 Å². The number of pyridine rings is 1. The van der Waals surface area contributed by atoms with Crippen LogP contribution in [0.25, 0.3) is 0 Å². The fraction of sp³-hybridized carbons (Fsp3) is 0.625. The van der Waals surface area contributed by atoms with Crippen LogP contribution in [0, 0.1) is 0 Å². The topological polar surface area (TPSA) is 57.7 Å². The SMILES string of the molecule is CN1CCN(c2cccc(C(=O)NCC3CCCO3)n2)CC1. The Hall–Kier alpha value is -1.66. The van der Waals surface area contributed by atoms with Crippen LogP contribution < -0.4 is 10.2 Å². The number of hydrogen-bond acceptors (Lipinski definition) is 5. The predicted octanol–water partition coefficient (Wildman–Crippen LogP) is 0.742. The average molecular weight is 304 g/mol. The van der Waals surface area contributed by atoms with Crippen molar-refractivity contribution in [3.63, 3.8) is 0 Å². The summed E-state index contributed by atoms with van der Waals surface area (Å²) in [6.45, 7) is 5.32. The van der Waals surface area contributed by atoms with Crippen molar-refractivity contribution in [2.45, 2.75) is 18.9 Å². The highest BCUT2D eigenvalue weighted by atomic mass is 16.5. The smallest absolute Gasteiger partial charge is 0.270 e. The summed E-state index contributed by atoms with van der Waals surface area (Å²) in [4.78, 5) is 21.3. The van der Waals surface area contributed by atoms with E-state index in [0.717, 1.165) is 51.4 Å². The van der Waals surface area contributed by atoms with Gasteiger partial charge in [0.25, 0.3) is 5.91 Å². The van der Waals surface area contributed by atoms with Crippen molar-refractivity contribution in [1.29, 1.82) is 0 Å². The van der Waals surface area contributed by atoms with Crippen molar-refractivity contribution in [3.8, 4) is 0 Å². The molecule has 0 radical (unpaired) electrons. The Balaban J connectivity index is 1.59. The maximum atomic E-state index is 12.2. The number of ether oxygens (including phenoxy) is 1. The van der Waals surface area contributed by atoms with Gasteiger partial charge in [0.1, 0.15) is 11.5 Å². The van der Waals surface area contributed by atoms with Gasteiger partial charge in [0, 0.05) is 39.3 Å². The zero-order chi connectivity index (χ0) is 15.4. The zero-order valence-corrected chi connectivity index (χ0v) is 13.1. The molecule has 2 saturated heterocycles. The van der Waals surface area contributed by atoms with Crippen molar-refractivity contribution in [3.05, 3.63) is 23.9 Å². The summed E-state index contributed by atoms with van der Waals surface area (Å²) in [5, 5.41) is 2.92. The number of anilines is 1. The highest BCUT2D eigenvalue weighted by Crippen LogP contribution is 2.14. The molecule has 1 unspecified atom stereocenters. The normalized spacial score (nSPS) is 22.8. The number of nitrogens with one attached hydrogen (secondary N) is 1. The molecule has 0 saturated carbocycles. The first-order chi connectivity index (χ1) is 10.7. The van der Waals surface area contributed by atoms with Gasteiger partial charge in [-0.3, -0.25) is 4.79 Å². The lowest BCUT2D eigenvalue weighted by atomic mass is 10.2. The van der Waals surface area contributed by atoms with E-state index in [2.05, 4.69) is 27.1 Å². The molecule has 0 aliphatic carbocycles. The Kier molecular flexibility index (Phi) is 4.90. The molecule has 2 fully saturated rings. The lowest BCUT2D eigenvalue weighted by Crippen LogP contribution is -2.45. The van der Waals surface area contributed by atoms with E-state index in [0.29, 0.717) is 12.2 Å². The van der Waals surface area contributed by atoms with E-state index < -0.39 is 0 Å². The molecule has 1 aromatic rings. The number of aromatic nitrogens is 1. The van der Waals surface area contributed by atoms with Crippen molar-refractivity contribution in [2.24, 2.45) is 0 Å². The molecule has 6 nitrogen and oxygen atoms in total. The maximum absolute atomic E-state index is 12.2. The number of piperazine rings is 1. The molecule has 1 aromatic heterocycles. The summed E-state index contributed by atoms with van der Waals surface area (Å²) >= 11 is 0. The van der Waals surface area contributed by atoms with Crippen molar-refractivity contribution >= 4 is 11.7 Å². The number of nitrogens with zero attached hydrogens (tertiary/aromatic N) is 3. The van der Waals surface area contributed by atoms with E-state index in [1.54, 1.807) is 6.07 Å². The first-order valence-electron chi connectivity index (χ1n) is 8.03. The van der Waals surface area contributed by atoms with Gasteiger partial charge < -0.3 is 19.9 Å². The van der Waals surface area contributed by atoms with Gasteiger partial charge in [0.15, 0.2) is 0 Å². The number of likely N-dealkylation sites (N-methyl/N-ethyl adjacent to an activating group) is 1. The summed E-state index contributed by atoms with van der Waals surface area (Å²) < 4.78 is 5.52. The fourth-order valence-electron chi connectivity index (χ4n) is 2.86. The first kappa shape index (κ1) is 15.2. The molecule has 3 heterocycles. The van der Waals surface area contributed by atoms with E-state index in [-0.39, 0.29) is 12.0 Å². The van der Waals surface area contributed by atoms with E-state index in [1.807, 2.05) is 12.1 Å². The lowest BCUT2D eigenvalue weighted by molar-refractivity contribution is 0.0854. The van der Waals surface area contributed by atoms with Crippen LogP contribution in [0.4, 0.5) is 5.82 Å². The third-order valence-electron chi connectivity index (χ3n) is 4.31. The number of carbonyl (C=O) groups excluding carboxylic acids is 1. The monoisotopic (exact) mass is 304 g/mol. The Labute approximate surface area is 131 Å². The molecular weight excluding hydrogens is 280 g/mol. The molecule has 1 amide bonds. The number of rotatable bonds is 4. The van der Waals surface area contributed by atoms with Crippen LogP contribution in [-0.4, -0.2) is 68.3 Å². The second kappa shape index (κ2) is 7.07. The minimum Gasteiger partial charge on any atom is -0.376 e. The third-order valence-corrected chi connectivity index (χ3v) is 4.31. The van der Waals surface area contributed by atoms with Gasteiger partial charge in [-0.25, -0.2) is 4.98 Å². The Morgan fingerprint density at radius 2 is 2.18 bits per heavy atom. The highest BCUT2D eigenvalue weighted by molar-refractivity contribution is 5.92. The van der Waals surface area contributed by atoms with Crippen molar-refractivity contribution in [2.75, 3.05) is 51.3 Å². The van der Waals surface area contributed by atoms with Gasteiger partial charge in [0.2, 0.25) is 0 Å². The van der Waals surface area contributed by atoms with Crippen LogP contribution in [0.2, 0.25) is 0 Å². The fourth-order valence-corrected chi connectivity index (χ4v) is 2.86. The molecule has 1 N–H and O–H groups in total. The van der Waals surface area contributed by atoms with Crippen LogP contribution >= 0.6 is 0 Å². The molecule has 0 bridgehead atoms. The van der Waals surface area contributed by atoms with Gasteiger partial charge in [-0.1, -0.05) is 6.07 Å². The third kappa shape index (κ3) is 3.75. The van der Waals surface area contributed by atoms with Crippen molar-refractivity contribution < 1.29 is 9.53 Å². The number of amides is 1. The average Bonchev–Trinajstić information content (AvgIpc) is 3.07. The number of hydrogen-bond donors (Lipinski definition) is 1. The molecule has 2 aliphatic heterocycles. The molecule has 2 aliphatic rings. The summed E-state index contributed by atoms with van der Waals surface area (Å²) in [5.41, 5.74) is 0.481. The molecule has 6 heteroatoms. The molecular formula is C16H24N4O2. The Morgan fingerprint density at radius 1 is 1.36 bits per heavy atom. The minimum absolute atomic E-state index is 0.119. The quantitative estimate of drug-likeness (QED) is 0.889. The van der Waals surface area contributed by atoms with Gasteiger partial charge in [0.05, 0.1) is 6.10 Å². The van der Waals surface area contributed by atoms with E-state index in [4.69, 9.17) is 4.74 Å². The van der Waals surface area contributed by atoms with Crippen LogP contribution in [0.5, 0.6) is 0 Å². The molecule has 0 spiro atoms. The summed E-state index contributed by atoms with van der Waals surface area (Å²) in [6.07, 6.45) is 2.26. The largest absolute Gasteiger partial charge is 0.376 e. The van der Waals surface area contributed by atoms with Gasteiger partial charge in [-0.2, -0.15) is 0 Å². The van der Waals surface area contributed by atoms with E-state index in [1.165, 1.54) is 0 Å². The molecule has 0 aromatic carbocycles. The predicted molar refractivity (Wildman–Crippen MR) is 85.3 cm³/mol. The van der Waals surface area contributed by atoms with E-state index >= 15 is 0 Å². The molecule has 1 atom stereocenters. The van der Waals surface area contributed by atoms with Crippen molar-refractivity contribution in [1.82, 2.24) is 15.2 Å². The maximum Gasteiger partial charge on any atom is 0.270 e. The minimum atomic E-state index is -0.119. The summed E-state index contributed by atoms with van der Waals surface area (Å²) in [5.74, 6) is 0.768. The summed E-state index contributed by atoms with van der Waals surface area (Å²) in [6, 6.07) is 5.65. The van der Waals surface area contributed by atoms with Crippen LogP contribution in [0.1, 0.15) is 23.3 Å². The Bertz CT molecular complexity index is 509. The zero-order valence-electron chi connectivity index (χ0n) is 13.1. The van der Waals surface area contributed by atoms with Crippen LogP contribution in [0.3, 0.4) is 0 Å². The standard InChI is InChI=1S/C16H24N4O2/c1-19-7-9-20(10-8-19)15-6-2-5-14(18-15)16(21)17-12-13-4-3-11-22-13/h2,5-6,13H,3-4,7-12H2,1H3,(H,17,21). The van der Waals surface area contributed by atoms with Crippen LogP contribution in [0.15, 0.2) is 18.2 Å². The first-order valence-corrected chi connectivity index (χ1v) is 8.03. The second-order valence-corrected chi connectivity index (χ2v) is 6.02. The van der Waals surface area contributed by atoms with E-state index in [9.17, 15) is 4.79 Å². The molecule has 120 valence electrons. The molecule has 3 rings (SSSR count). The lowest BCUT2D eigenvalue weighted by Gasteiger charge is -2.33. The van der Waals surface area contributed by atoms with Gasteiger partial charge in [-0.05, 0) is 32.0 Å². The summed E-state index contributed by atoms with van der Waals surface area (Å²) in [7, 11) is 2.12. The van der Waals surface area contributed by atoms with Gasteiger partial charge in [-0.15, -0.1) is 0 Å². The number of carbonyl (C=O) groups is 1. The highest BCUT2D eigenvalue weighted by Gasteiger charge is 2.19. The molecule has 22 heavy (non-hydrogen) atoms. The van der Waals surface area contributed by atoms with Gasteiger partial charge >= 0.3 is 0 Å². The second-order valence-electron chi connectivity index (χ2n) is 6.02.